The van der Waals surface area contributed by atoms with Crippen molar-refractivity contribution in [3.8, 4) is 5.75 Å². The summed E-state index contributed by atoms with van der Waals surface area (Å²) >= 11 is 0. The molecule has 106 valence electrons. The van der Waals surface area contributed by atoms with Crippen LogP contribution in [0.1, 0.15) is 23.6 Å². The summed E-state index contributed by atoms with van der Waals surface area (Å²) in [7, 11) is 3.48. The number of benzene rings is 1. The van der Waals surface area contributed by atoms with E-state index < -0.39 is 0 Å². The Morgan fingerprint density at radius 3 is 2.53 bits per heavy atom. The highest BCUT2D eigenvalue weighted by Gasteiger charge is 2.17. The van der Waals surface area contributed by atoms with E-state index in [9.17, 15) is 4.79 Å². The van der Waals surface area contributed by atoms with Gasteiger partial charge in [0.1, 0.15) is 5.75 Å². The lowest BCUT2D eigenvalue weighted by atomic mass is 10.0. The second-order valence-corrected chi connectivity index (χ2v) is 5.01. The molecule has 0 saturated heterocycles. The summed E-state index contributed by atoms with van der Waals surface area (Å²) in [4.78, 5) is 13.7. The van der Waals surface area contributed by atoms with Gasteiger partial charge >= 0.3 is 0 Å². The Balaban J connectivity index is 2.89. The summed E-state index contributed by atoms with van der Waals surface area (Å²) in [5.41, 5.74) is 8.95. The van der Waals surface area contributed by atoms with Gasteiger partial charge in [-0.1, -0.05) is 13.0 Å². The third-order valence-corrected chi connectivity index (χ3v) is 3.63. The van der Waals surface area contributed by atoms with Crippen LogP contribution in [0.25, 0.3) is 0 Å². The lowest BCUT2D eigenvalue weighted by Crippen LogP contribution is -2.34. The molecule has 0 radical (unpaired) electrons. The maximum Gasteiger partial charge on any atom is 0.226 e. The van der Waals surface area contributed by atoms with Gasteiger partial charge in [0.25, 0.3) is 0 Å². The predicted molar refractivity (Wildman–Crippen MR) is 77.2 cm³/mol. The molecule has 4 nitrogen and oxygen atoms in total. The minimum Gasteiger partial charge on any atom is -0.496 e. The van der Waals surface area contributed by atoms with Crippen LogP contribution in [-0.2, 0) is 11.3 Å². The molecule has 1 aromatic carbocycles. The van der Waals surface area contributed by atoms with Gasteiger partial charge in [0, 0.05) is 26.1 Å². The molecule has 0 spiro atoms. The third kappa shape index (κ3) is 3.47. The number of rotatable bonds is 5. The summed E-state index contributed by atoms with van der Waals surface area (Å²) in [6, 6.07) is 3.96. The Hall–Kier alpha value is -1.55. The normalized spacial score (nSPS) is 12.1. The zero-order chi connectivity index (χ0) is 14.6. The summed E-state index contributed by atoms with van der Waals surface area (Å²) in [6.45, 7) is 6.91. The highest BCUT2D eigenvalue weighted by Crippen LogP contribution is 2.24. The largest absolute Gasteiger partial charge is 0.496 e. The zero-order valence-corrected chi connectivity index (χ0v) is 12.5. The van der Waals surface area contributed by atoms with Crippen molar-refractivity contribution in [3.05, 3.63) is 28.8 Å². The van der Waals surface area contributed by atoms with E-state index in [1.165, 1.54) is 5.56 Å². The van der Waals surface area contributed by atoms with Crippen molar-refractivity contribution in [1.82, 2.24) is 4.90 Å². The van der Waals surface area contributed by atoms with Gasteiger partial charge in [-0.05, 0) is 36.6 Å². The Morgan fingerprint density at radius 2 is 2.00 bits per heavy atom. The average molecular weight is 264 g/mol. The van der Waals surface area contributed by atoms with Crippen LogP contribution in [0.5, 0.6) is 5.75 Å². The number of ether oxygens (including phenoxy) is 1. The van der Waals surface area contributed by atoms with E-state index in [1.54, 1.807) is 12.0 Å². The molecule has 0 aromatic heterocycles. The van der Waals surface area contributed by atoms with Crippen molar-refractivity contribution >= 4 is 5.91 Å². The van der Waals surface area contributed by atoms with Crippen molar-refractivity contribution in [3.63, 3.8) is 0 Å². The first kappa shape index (κ1) is 15.5. The fraction of sp³-hybridized carbons (Fsp3) is 0.533. The molecule has 0 fully saturated rings. The van der Waals surface area contributed by atoms with Crippen molar-refractivity contribution < 1.29 is 9.53 Å². The van der Waals surface area contributed by atoms with Crippen LogP contribution in [-0.4, -0.2) is 31.5 Å². The van der Waals surface area contributed by atoms with Crippen molar-refractivity contribution in [2.75, 3.05) is 20.7 Å². The number of nitrogens with two attached hydrogens (primary N) is 1. The first-order valence-electron chi connectivity index (χ1n) is 6.50. The van der Waals surface area contributed by atoms with E-state index in [0.717, 1.165) is 16.9 Å². The SMILES string of the molecule is COc1ccc(CN(C)C(=O)C(C)CN)c(C)c1C. The van der Waals surface area contributed by atoms with Gasteiger partial charge in [-0.15, -0.1) is 0 Å². The second-order valence-electron chi connectivity index (χ2n) is 5.01. The monoisotopic (exact) mass is 264 g/mol. The summed E-state index contributed by atoms with van der Waals surface area (Å²) in [5.74, 6) is 0.825. The van der Waals surface area contributed by atoms with Crippen LogP contribution >= 0.6 is 0 Å². The van der Waals surface area contributed by atoms with Gasteiger partial charge < -0.3 is 15.4 Å². The summed E-state index contributed by atoms with van der Waals surface area (Å²) < 4.78 is 5.29. The van der Waals surface area contributed by atoms with Crippen molar-refractivity contribution in [2.24, 2.45) is 11.7 Å². The molecule has 1 unspecified atom stereocenters. The van der Waals surface area contributed by atoms with Crippen LogP contribution in [0.4, 0.5) is 0 Å². The summed E-state index contributed by atoms with van der Waals surface area (Å²) in [5, 5.41) is 0. The van der Waals surface area contributed by atoms with Gasteiger partial charge in [-0.25, -0.2) is 0 Å². The summed E-state index contributed by atoms with van der Waals surface area (Å²) in [6.07, 6.45) is 0. The first-order valence-corrected chi connectivity index (χ1v) is 6.50. The molecule has 0 aliphatic heterocycles. The molecule has 1 atom stereocenters. The number of carbonyl (C=O) groups excluding carboxylic acids is 1. The number of amides is 1. The van der Waals surface area contributed by atoms with Gasteiger partial charge in [0.2, 0.25) is 5.91 Å². The van der Waals surface area contributed by atoms with Gasteiger partial charge in [0.05, 0.1) is 7.11 Å². The molecule has 0 aliphatic carbocycles. The first-order chi connectivity index (χ1) is 8.92. The Kier molecular flexibility index (Phi) is 5.36. The fourth-order valence-corrected chi connectivity index (χ4v) is 2.05. The molecule has 2 N–H and O–H groups in total. The molecule has 0 saturated carbocycles. The fourth-order valence-electron chi connectivity index (χ4n) is 2.05. The molecule has 0 heterocycles. The molecule has 4 heteroatoms. The standard InChI is InChI=1S/C15H24N2O2/c1-10(8-16)15(18)17(4)9-13-6-7-14(19-5)12(3)11(13)2/h6-7,10H,8-9,16H2,1-5H3. The Morgan fingerprint density at radius 1 is 1.37 bits per heavy atom. The minimum absolute atomic E-state index is 0.0790. The molecule has 1 amide bonds. The number of hydrogen-bond acceptors (Lipinski definition) is 3. The minimum atomic E-state index is -0.135. The average Bonchev–Trinajstić information content (AvgIpc) is 2.42. The van der Waals surface area contributed by atoms with E-state index in [0.29, 0.717) is 13.1 Å². The maximum absolute atomic E-state index is 12.0. The number of methoxy groups -OCH3 is 1. The number of nitrogens with zero attached hydrogens (tertiary/aromatic N) is 1. The van der Waals surface area contributed by atoms with Crippen LogP contribution in [0.15, 0.2) is 12.1 Å². The van der Waals surface area contributed by atoms with E-state index in [2.05, 4.69) is 6.92 Å². The third-order valence-electron chi connectivity index (χ3n) is 3.63. The topological polar surface area (TPSA) is 55.6 Å². The molecule has 1 rings (SSSR count). The van der Waals surface area contributed by atoms with E-state index >= 15 is 0 Å². The smallest absolute Gasteiger partial charge is 0.226 e. The zero-order valence-electron chi connectivity index (χ0n) is 12.5. The van der Waals surface area contributed by atoms with Crippen LogP contribution in [0, 0.1) is 19.8 Å². The maximum atomic E-state index is 12.0. The molecule has 0 bridgehead atoms. The Bertz CT molecular complexity index is 458. The molecule has 0 aliphatic rings. The van der Waals surface area contributed by atoms with Crippen LogP contribution < -0.4 is 10.5 Å². The second kappa shape index (κ2) is 6.57. The highest BCUT2D eigenvalue weighted by molar-refractivity contribution is 5.78. The van der Waals surface area contributed by atoms with E-state index in [-0.39, 0.29) is 11.8 Å². The molecule has 19 heavy (non-hydrogen) atoms. The lowest BCUT2D eigenvalue weighted by Gasteiger charge is -2.22. The molecule has 1 aromatic rings. The van der Waals surface area contributed by atoms with E-state index in [4.69, 9.17) is 10.5 Å². The molecular formula is C15H24N2O2. The highest BCUT2D eigenvalue weighted by atomic mass is 16.5. The van der Waals surface area contributed by atoms with E-state index in [1.807, 2.05) is 33.0 Å². The number of carbonyl (C=O) groups is 1. The van der Waals surface area contributed by atoms with Crippen LogP contribution in [0.2, 0.25) is 0 Å². The molecular weight excluding hydrogens is 240 g/mol. The van der Waals surface area contributed by atoms with Gasteiger partial charge in [0.15, 0.2) is 0 Å². The van der Waals surface area contributed by atoms with Gasteiger partial charge in [-0.3, -0.25) is 4.79 Å². The van der Waals surface area contributed by atoms with Gasteiger partial charge in [-0.2, -0.15) is 0 Å². The lowest BCUT2D eigenvalue weighted by molar-refractivity contribution is -0.133. The van der Waals surface area contributed by atoms with Crippen molar-refractivity contribution in [1.29, 1.82) is 0 Å². The Labute approximate surface area is 115 Å². The number of hydrogen-bond donors (Lipinski definition) is 1. The quantitative estimate of drug-likeness (QED) is 0.883. The predicted octanol–water partition coefficient (Wildman–Crippen LogP) is 1.87. The van der Waals surface area contributed by atoms with Crippen LogP contribution in [0.3, 0.4) is 0 Å². The van der Waals surface area contributed by atoms with Crippen molar-refractivity contribution in [2.45, 2.75) is 27.3 Å².